The first-order valence-electron chi connectivity index (χ1n) is 12.8. The second-order valence-electron chi connectivity index (χ2n) is 9.68. The van der Waals surface area contributed by atoms with E-state index in [1.165, 1.54) is 12.1 Å². The van der Waals surface area contributed by atoms with Crippen LogP contribution in [-0.2, 0) is 13.2 Å². The van der Waals surface area contributed by atoms with Gasteiger partial charge in [0.2, 0.25) is 12.6 Å². The summed E-state index contributed by atoms with van der Waals surface area (Å²) in [5.41, 5.74) is 2.34. The molecule has 0 fully saturated rings. The Morgan fingerprint density at radius 2 is 1.70 bits per heavy atom. The number of carbonyl (C=O) groups excluding carboxylic acids is 1. The molecule has 0 bridgehead atoms. The zero-order valence-electron chi connectivity index (χ0n) is 21.1. The van der Waals surface area contributed by atoms with Crippen molar-refractivity contribution >= 4 is 16.9 Å². The first kappa shape index (κ1) is 24.0. The van der Waals surface area contributed by atoms with E-state index in [0.717, 1.165) is 17.2 Å². The first-order chi connectivity index (χ1) is 19.5. The van der Waals surface area contributed by atoms with Gasteiger partial charge < -0.3 is 23.5 Å². The van der Waals surface area contributed by atoms with Gasteiger partial charge in [0.05, 0.1) is 17.0 Å². The standard InChI is InChI=1S/C32H22FNO6/c33-22-10-12-25-24(15-22)30(35)28-29(21-7-4-8-23(14-21)37-17-19-5-2-1-3-6-19)34(32(36)31(28)40-25)16-20-9-11-26-27(13-20)39-18-38-26/h1-15,29H,16-18H2. The fourth-order valence-corrected chi connectivity index (χ4v) is 5.25. The lowest BCUT2D eigenvalue weighted by molar-refractivity contribution is 0.0714. The second-order valence-corrected chi connectivity index (χ2v) is 9.68. The van der Waals surface area contributed by atoms with Crippen molar-refractivity contribution in [1.29, 1.82) is 0 Å². The van der Waals surface area contributed by atoms with Crippen LogP contribution in [0.2, 0.25) is 0 Å². The minimum absolute atomic E-state index is 0.0505. The summed E-state index contributed by atoms with van der Waals surface area (Å²) in [5.74, 6) is 0.757. The molecule has 1 amide bonds. The van der Waals surface area contributed by atoms with E-state index >= 15 is 0 Å². The summed E-state index contributed by atoms with van der Waals surface area (Å²) in [6.45, 7) is 0.661. The molecule has 3 heterocycles. The molecule has 1 unspecified atom stereocenters. The van der Waals surface area contributed by atoms with E-state index in [9.17, 15) is 14.0 Å². The van der Waals surface area contributed by atoms with E-state index in [0.29, 0.717) is 29.4 Å². The van der Waals surface area contributed by atoms with Crippen LogP contribution >= 0.6 is 0 Å². The number of hydrogen-bond acceptors (Lipinski definition) is 6. The summed E-state index contributed by atoms with van der Waals surface area (Å²) in [7, 11) is 0. The number of ether oxygens (including phenoxy) is 3. The van der Waals surface area contributed by atoms with Crippen LogP contribution in [0.5, 0.6) is 17.2 Å². The lowest BCUT2D eigenvalue weighted by atomic mass is 9.98. The number of halogens is 1. The van der Waals surface area contributed by atoms with Crippen LogP contribution in [0.3, 0.4) is 0 Å². The van der Waals surface area contributed by atoms with Crippen molar-refractivity contribution in [3.63, 3.8) is 0 Å². The van der Waals surface area contributed by atoms with Crippen LogP contribution in [0, 0.1) is 5.82 Å². The van der Waals surface area contributed by atoms with Crippen molar-refractivity contribution in [3.05, 3.63) is 135 Å². The van der Waals surface area contributed by atoms with E-state index in [4.69, 9.17) is 18.6 Å². The number of hydrogen-bond donors (Lipinski definition) is 0. The van der Waals surface area contributed by atoms with Crippen molar-refractivity contribution < 1.29 is 27.8 Å². The van der Waals surface area contributed by atoms with Gasteiger partial charge in [-0.3, -0.25) is 9.59 Å². The minimum Gasteiger partial charge on any atom is -0.489 e. The summed E-state index contributed by atoms with van der Waals surface area (Å²) in [6, 6.07) is 25.4. The third kappa shape index (κ3) is 4.14. The Bertz CT molecular complexity index is 1830. The normalized spacial score (nSPS) is 15.5. The second kappa shape index (κ2) is 9.57. The summed E-state index contributed by atoms with van der Waals surface area (Å²) in [5, 5.41) is 0.0814. The van der Waals surface area contributed by atoms with Gasteiger partial charge in [0, 0.05) is 6.54 Å². The monoisotopic (exact) mass is 535 g/mol. The van der Waals surface area contributed by atoms with Crippen LogP contribution in [0.15, 0.2) is 100 Å². The Morgan fingerprint density at radius 3 is 2.58 bits per heavy atom. The molecule has 0 saturated carbocycles. The molecule has 5 aromatic rings. The maximum absolute atomic E-state index is 14.1. The number of benzene rings is 4. The zero-order valence-corrected chi connectivity index (χ0v) is 21.1. The van der Waals surface area contributed by atoms with Gasteiger partial charge in [-0.15, -0.1) is 0 Å². The molecule has 0 spiro atoms. The van der Waals surface area contributed by atoms with Gasteiger partial charge in [-0.25, -0.2) is 4.39 Å². The maximum atomic E-state index is 14.1. The summed E-state index contributed by atoms with van der Waals surface area (Å²) in [4.78, 5) is 29.2. The molecule has 8 heteroatoms. The predicted octanol–water partition coefficient (Wildman–Crippen LogP) is 5.99. The lowest BCUT2D eigenvalue weighted by Crippen LogP contribution is -2.29. The highest BCUT2D eigenvalue weighted by molar-refractivity contribution is 5.99. The molecule has 0 saturated heterocycles. The number of carbonyl (C=O) groups is 1. The minimum atomic E-state index is -0.780. The fourth-order valence-electron chi connectivity index (χ4n) is 5.25. The summed E-state index contributed by atoms with van der Waals surface area (Å²) >= 11 is 0. The molecule has 7 rings (SSSR count). The summed E-state index contributed by atoms with van der Waals surface area (Å²) < 4.78 is 37.0. The van der Waals surface area contributed by atoms with E-state index < -0.39 is 23.2 Å². The Hall–Kier alpha value is -5.11. The smallest absolute Gasteiger partial charge is 0.291 e. The Labute approximate surface area is 227 Å². The highest BCUT2D eigenvalue weighted by Crippen LogP contribution is 2.41. The first-order valence-corrected chi connectivity index (χ1v) is 12.8. The Balaban J connectivity index is 1.32. The molecule has 1 atom stereocenters. The molecule has 0 N–H and O–H groups in total. The third-order valence-corrected chi connectivity index (χ3v) is 7.14. The van der Waals surface area contributed by atoms with E-state index in [1.807, 2.05) is 66.7 Å². The van der Waals surface area contributed by atoms with Crippen LogP contribution in [-0.4, -0.2) is 17.6 Å². The quantitative estimate of drug-likeness (QED) is 0.266. The number of rotatable bonds is 6. The van der Waals surface area contributed by atoms with Gasteiger partial charge in [-0.1, -0.05) is 48.5 Å². The van der Waals surface area contributed by atoms with Gasteiger partial charge in [0.25, 0.3) is 5.91 Å². The highest BCUT2D eigenvalue weighted by Gasteiger charge is 2.43. The molecule has 4 aromatic carbocycles. The van der Waals surface area contributed by atoms with Crippen LogP contribution in [0.25, 0.3) is 11.0 Å². The maximum Gasteiger partial charge on any atom is 0.291 e. The lowest BCUT2D eigenvalue weighted by Gasteiger charge is -2.25. The van der Waals surface area contributed by atoms with Crippen molar-refractivity contribution in [2.24, 2.45) is 0 Å². The molecule has 2 aliphatic rings. The number of amides is 1. The van der Waals surface area contributed by atoms with E-state index in [2.05, 4.69) is 0 Å². The topological polar surface area (TPSA) is 78.2 Å². The van der Waals surface area contributed by atoms with Crippen molar-refractivity contribution in [2.45, 2.75) is 19.2 Å². The average Bonchev–Trinajstić information content (AvgIpc) is 3.55. The van der Waals surface area contributed by atoms with Crippen LogP contribution in [0.4, 0.5) is 4.39 Å². The molecule has 7 nitrogen and oxygen atoms in total. The fraction of sp³-hybridized carbons (Fsp3) is 0.125. The average molecular weight is 536 g/mol. The zero-order chi connectivity index (χ0) is 27.2. The van der Waals surface area contributed by atoms with Crippen LogP contribution in [0.1, 0.15) is 38.9 Å². The number of nitrogens with zero attached hydrogens (tertiary/aromatic N) is 1. The Kier molecular flexibility index (Phi) is 5.73. The van der Waals surface area contributed by atoms with Crippen molar-refractivity contribution in [1.82, 2.24) is 4.90 Å². The van der Waals surface area contributed by atoms with Crippen LogP contribution < -0.4 is 19.6 Å². The number of fused-ring (bicyclic) bond motifs is 3. The van der Waals surface area contributed by atoms with Gasteiger partial charge in [-0.05, 0) is 59.2 Å². The molecule has 198 valence electrons. The molecule has 2 aliphatic heterocycles. The molecule has 0 radical (unpaired) electrons. The van der Waals surface area contributed by atoms with Crippen molar-refractivity contribution in [2.75, 3.05) is 6.79 Å². The molecule has 0 aliphatic carbocycles. The van der Waals surface area contributed by atoms with Gasteiger partial charge in [0.1, 0.15) is 23.8 Å². The largest absolute Gasteiger partial charge is 0.489 e. The van der Waals surface area contributed by atoms with Gasteiger partial charge in [-0.2, -0.15) is 0 Å². The highest BCUT2D eigenvalue weighted by atomic mass is 19.1. The molecular weight excluding hydrogens is 513 g/mol. The van der Waals surface area contributed by atoms with E-state index in [-0.39, 0.29) is 35.6 Å². The molecule has 40 heavy (non-hydrogen) atoms. The molecular formula is C32H22FNO6. The summed E-state index contributed by atoms with van der Waals surface area (Å²) in [6.07, 6.45) is 0. The Morgan fingerprint density at radius 1 is 0.850 bits per heavy atom. The van der Waals surface area contributed by atoms with Crippen molar-refractivity contribution in [3.8, 4) is 17.2 Å². The van der Waals surface area contributed by atoms with E-state index in [1.54, 1.807) is 11.0 Å². The third-order valence-electron chi connectivity index (χ3n) is 7.14. The molecule has 1 aromatic heterocycles. The predicted molar refractivity (Wildman–Crippen MR) is 144 cm³/mol. The van der Waals surface area contributed by atoms with Gasteiger partial charge >= 0.3 is 0 Å². The van der Waals surface area contributed by atoms with Gasteiger partial charge in [0.15, 0.2) is 16.9 Å². The SMILES string of the molecule is O=C1c2oc3ccc(F)cc3c(=O)c2C(c2cccc(OCc3ccccc3)c2)N1Cc1ccc2c(c1)OCO2.